The summed E-state index contributed by atoms with van der Waals surface area (Å²) in [6, 6.07) is 9.93. The van der Waals surface area contributed by atoms with E-state index in [1.54, 1.807) is 25.3 Å². The van der Waals surface area contributed by atoms with Crippen LogP contribution in [0.2, 0.25) is 0 Å². The molecule has 144 valence electrons. The topological polar surface area (TPSA) is 90.4 Å². The van der Waals surface area contributed by atoms with Crippen LogP contribution in [0.25, 0.3) is 5.69 Å². The van der Waals surface area contributed by atoms with Gasteiger partial charge in [0.1, 0.15) is 0 Å². The van der Waals surface area contributed by atoms with Gasteiger partial charge in [0.15, 0.2) is 24.0 Å². The van der Waals surface area contributed by atoms with Crippen molar-refractivity contribution >= 4 is 11.8 Å². The molecule has 3 aromatic rings. The number of hydrogen-bond acceptors (Lipinski definition) is 5. The number of hydrogen-bond donors (Lipinski definition) is 1. The van der Waals surface area contributed by atoms with Crippen LogP contribution in [0.5, 0.6) is 5.75 Å². The number of nitrogens with zero attached hydrogens (tertiary/aromatic N) is 1. The summed E-state index contributed by atoms with van der Waals surface area (Å²) in [6.07, 6.45) is 1.58. The van der Waals surface area contributed by atoms with E-state index in [1.165, 1.54) is 35.9 Å². The first-order valence-corrected chi connectivity index (χ1v) is 8.32. The first-order valence-electron chi connectivity index (χ1n) is 8.32. The van der Waals surface area contributed by atoms with Gasteiger partial charge in [0, 0.05) is 17.5 Å². The van der Waals surface area contributed by atoms with Gasteiger partial charge in [-0.2, -0.15) is 0 Å². The van der Waals surface area contributed by atoms with Gasteiger partial charge in [-0.25, -0.2) is 14.0 Å². The molecule has 1 aromatic heterocycles. The summed E-state index contributed by atoms with van der Waals surface area (Å²) in [5.41, 5.74) is 1.32. The summed E-state index contributed by atoms with van der Waals surface area (Å²) in [5, 5.41) is 0. The van der Waals surface area contributed by atoms with Crippen LogP contribution < -0.4 is 10.4 Å². The van der Waals surface area contributed by atoms with Gasteiger partial charge in [-0.3, -0.25) is 9.36 Å². The molecule has 7 nitrogen and oxygen atoms in total. The summed E-state index contributed by atoms with van der Waals surface area (Å²) in [6.45, 7) is 1.25. The minimum Gasteiger partial charge on any atom is -0.494 e. The van der Waals surface area contributed by atoms with Gasteiger partial charge >= 0.3 is 11.7 Å². The largest absolute Gasteiger partial charge is 0.494 e. The van der Waals surface area contributed by atoms with Crippen molar-refractivity contribution in [2.24, 2.45) is 0 Å². The molecule has 0 aliphatic carbocycles. The van der Waals surface area contributed by atoms with Crippen LogP contribution in [0.15, 0.2) is 53.5 Å². The van der Waals surface area contributed by atoms with Crippen LogP contribution in [-0.2, 0) is 4.74 Å². The van der Waals surface area contributed by atoms with E-state index in [2.05, 4.69) is 4.98 Å². The van der Waals surface area contributed by atoms with Crippen molar-refractivity contribution in [2.45, 2.75) is 6.92 Å². The third-order valence-electron chi connectivity index (χ3n) is 4.13. The van der Waals surface area contributed by atoms with E-state index >= 15 is 0 Å². The highest BCUT2D eigenvalue weighted by Gasteiger charge is 2.14. The number of carbonyl (C=O) groups excluding carboxylic acids is 2. The fraction of sp³-hybridized carbons (Fsp3) is 0.150. The second kappa shape index (κ2) is 7.91. The number of rotatable bonds is 6. The monoisotopic (exact) mass is 384 g/mol. The molecule has 1 N–H and O–H groups in total. The summed E-state index contributed by atoms with van der Waals surface area (Å²) in [5.74, 6) is -1.90. The number of carbonyl (C=O) groups is 2. The molecule has 0 radical (unpaired) electrons. The number of Topliss-reactive ketones (excluding diaryl/α,β-unsaturated/α-hetero) is 1. The van der Waals surface area contributed by atoms with E-state index < -0.39 is 24.2 Å². The molecule has 0 spiro atoms. The average molecular weight is 384 g/mol. The van der Waals surface area contributed by atoms with Gasteiger partial charge in [-0.15, -0.1) is 0 Å². The van der Waals surface area contributed by atoms with Gasteiger partial charge in [-0.05, 0) is 49.4 Å². The number of aromatic amines is 1. The molecule has 0 aliphatic rings. The number of ketones is 1. The lowest BCUT2D eigenvalue weighted by molar-refractivity contribution is 0.0474. The molecular weight excluding hydrogens is 367 g/mol. The number of halogens is 1. The maximum Gasteiger partial charge on any atom is 0.338 e. The van der Waals surface area contributed by atoms with Gasteiger partial charge in [-0.1, -0.05) is 0 Å². The smallest absolute Gasteiger partial charge is 0.338 e. The molecule has 0 saturated carbocycles. The third kappa shape index (κ3) is 3.85. The Kier molecular flexibility index (Phi) is 5.39. The highest BCUT2D eigenvalue weighted by atomic mass is 19.1. The van der Waals surface area contributed by atoms with Crippen molar-refractivity contribution in [3.05, 3.63) is 81.8 Å². The highest BCUT2D eigenvalue weighted by Crippen LogP contribution is 2.18. The molecule has 0 fully saturated rings. The van der Waals surface area contributed by atoms with Crippen molar-refractivity contribution < 1.29 is 23.5 Å². The fourth-order valence-electron chi connectivity index (χ4n) is 2.66. The predicted octanol–water partition coefficient (Wildman–Crippen LogP) is 2.66. The SMILES string of the molecule is COc1ccc(C(=O)COC(=O)c2ccc(-n3c(C)c[nH]c3=O)cc2)cc1F. The first kappa shape index (κ1) is 19.1. The maximum absolute atomic E-state index is 13.7. The Morgan fingerprint density at radius 1 is 1.11 bits per heavy atom. The van der Waals surface area contributed by atoms with E-state index in [1.807, 2.05) is 0 Å². The highest BCUT2D eigenvalue weighted by molar-refractivity contribution is 5.99. The number of aromatic nitrogens is 2. The molecule has 1 heterocycles. The fourth-order valence-corrected chi connectivity index (χ4v) is 2.66. The molecule has 28 heavy (non-hydrogen) atoms. The molecule has 0 atom stereocenters. The van der Waals surface area contributed by atoms with Crippen molar-refractivity contribution in [3.63, 3.8) is 0 Å². The quantitative estimate of drug-likeness (QED) is 0.521. The second-order valence-electron chi connectivity index (χ2n) is 5.97. The number of ether oxygens (including phenoxy) is 2. The lowest BCUT2D eigenvalue weighted by atomic mass is 10.1. The molecule has 0 bridgehead atoms. The van der Waals surface area contributed by atoms with E-state index in [4.69, 9.17) is 9.47 Å². The van der Waals surface area contributed by atoms with Crippen LogP contribution in [0, 0.1) is 12.7 Å². The van der Waals surface area contributed by atoms with Crippen LogP contribution in [0.4, 0.5) is 4.39 Å². The maximum atomic E-state index is 13.7. The summed E-state index contributed by atoms with van der Waals surface area (Å²) < 4.78 is 24.9. The molecule has 3 rings (SSSR count). The molecule has 8 heteroatoms. The number of imidazole rings is 1. The normalized spacial score (nSPS) is 10.5. The Hall–Kier alpha value is -3.68. The Labute approximate surface area is 159 Å². The zero-order valence-corrected chi connectivity index (χ0v) is 15.2. The number of H-pyrrole nitrogens is 1. The standard InChI is InChI=1S/C20H17FN2O5/c1-12-10-22-20(26)23(12)15-6-3-13(4-7-15)19(25)28-11-17(24)14-5-8-18(27-2)16(21)9-14/h3-10H,11H2,1-2H3,(H,22,26). The Bertz CT molecular complexity index is 1080. The minimum absolute atomic E-state index is 0.0189. The van der Waals surface area contributed by atoms with E-state index in [9.17, 15) is 18.8 Å². The van der Waals surface area contributed by atoms with Gasteiger partial charge in [0.2, 0.25) is 0 Å². The average Bonchev–Trinajstić information content (AvgIpc) is 3.04. The lowest BCUT2D eigenvalue weighted by Crippen LogP contribution is -2.16. The molecule has 0 saturated heterocycles. The Balaban J connectivity index is 1.66. The number of methoxy groups -OCH3 is 1. The van der Waals surface area contributed by atoms with Gasteiger partial charge < -0.3 is 14.5 Å². The van der Waals surface area contributed by atoms with Crippen LogP contribution in [0.3, 0.4) is 0 Å². The van der Waals surface area contributed by atoms with Gasteiger partial charge in [0.05, 0.1) is 18.4 Å². The summed E-state index contributed by atoms with van der Waals surface area (Å²) >= 11 is 0. The number of nitrogens with one attached hydrogen (secondary N) is 1. The number of esters is 1. The lowest BCUT2D eigenvalue weighted by Gasteiger charge is -2.07. The van der Waals surface area contributed by atoms with Crippen molar-refractivity contribution in [1.29, 1.82) is 0 Å². The van der Waals surface area contributed by atoms with Crippen LogP contribution >= 0.6 is 0 Å². The second-order valence-corrected chi connectivity index (χ2v) is 5.97. The molecule has 0 unspecified atom stereocenters. The van der Waals surface area contributed by atoms with Crippen molar-refractivity contribution in [2.75, 3.05) is 13.7 Å². The minimum atomic E-state index is -0.702. The van der Waals surface area contributed by atoms with E-state index in [0.29, 0.717) is 5.69 Å². The molecule has 0 aliphatic heterocycles. The van der Waals surface area contributed by atoms with E-state index in [-0.39, 0.29) is 22.6 Å². The number of aryl methyl sites for hydroxylation is 1. The van der Waals surface area contributed by atoms with Crippen molar-refractivity contribution in [3.8, 4) is 11.4 Å². The zero-order chi connectivity index (χ0) is 20.3. The molecular formula is C20H17FN2O5. The van der Waals surface area contributed by atoms with Crippen LogP contribution in [0.1, 0.15) is 26.4 Å². The van der Waals surface area contributed by atoms with Crippen molar-refractivity contribution in [1.82, 2.24) is 9.55 Å². The molecule has 2 aromatic carbocycles. The third-order valence-corrected chi connectivity index (χ3v) is 4.13. The summed E-state index contributed by atoms with van der Waals surface area (Å²) in [7, 11) is 1.32. The summed E-state index contributed by atoms with van der Waals surface area (Å²) in [4.78, 5) is 38.6. The Morgan fingerprint density at radius 2 is 1.79 bits per heavy atom. The van der Waals surface area contributed by atoms with Gasteiger partial charge in [0.25, 0.3) is 0 Å². The molecule has 0 amide bonds. The predicted molar refractivity (Wildman–Crippen MR) is 98.7 cm³/mol. The van der Waals surface area contributed by atoms with Crippen LogP contribution in [-0.4, -0.2) is 35.0 Å². The Morgan fingerprint density at radius 3 is 2.36 bits per heavy atom. The first-order chi connectivity index (χ1) is 13.4. The zero-order valence-electron chi connectivity index (χ0n) is 15.2. The number of benzene rings is 2. The van der Waals surface area contributed by atoms with E-state index in [0.717, 1.165) is 11.8 Å².